The van der Waals surface area contributed by atoms with Gasteiger partial charge in [0, 0.05) is 5.41 Å². The molecule has 4 aliphatic carbocycles. The topological polar surface area (TPSA) is 58.9 Å². The Kier molecular flexibility index (Phi) is 10.6. The van der Waals surface area contributed by atoms with Crippen molar-refractivity contribution in [3.05, 3.63) is 41.0 Å². The summed E-state index contributed by atoms with van der Waals surface area (Å²) in [6.07, 6.45) is 14.9. The number of allylic oxidation sites excluding steroid dienone is 1. The first-order chi connectivity index (χ1) is 21.9. The van der Waals surface area contributed by atoms with Crippen molar-refractivity contribution in [3.63, 3.8) is 0 Å². The van der Waals surface area contributed by atoms with Crippen molar-refractivity contribution < 1.29 is 19.7 Å². The molecule has 5 heteroatoms. The van der Waals surface area contributed by atoms with Crippen molar-refractivity contribution in [3.8, 4) is 0 Å². The molecule has 1 spiro atoms. The Morgan fingerprint density at radius 3 is 2.02 bits per heavy atom. The minimum absolute atomic E-state index is 0.0180. The second kappa shape index (κ2) is 13.7. The predicted octanol–water partition coefficient (Wildman–Crippen LogP) is 9.40. The van der Waals surface area contributed by atoms with Crippen molar-refractivity contribution in [2.24, 2.45) is 22.7 Å². The Morgan fingerprint density at radius 1 is 0.826 bits per heavy atom. The molecule has 1 aromatic carbocycles. The molecule has 0 aromatic heterocycles. The molecule has 1 saturated heterocycles. The number of hydrogen-bond acceptors (Lipinski definition) is 4. The molecule has 2 N–H and O–H groups in total. The molecule has 5 aliphatic rings. The molecule has 1 heterocycles. The van der Waals surface area contributed by atoms with E-state index in [2.05, 4.69) is 65.8 Å². The molecule has 0 radical (unpaired) electrons. The van der Waals surface area contributed by atoms with Crippen LogP contribution in [0, 0.1) is 22.7 Å². The van der Waals surface area contributed by atoms with Crippen LogP contribution in [-0.2, 0) is 9.47 Å². The van der Waals surface area contributed by atoms with Gasteiger partial charge in [-0.15, -0.1) is 0 Å². The average Bonchev–Trinajstić information content (AvgIpc) is 3.35. The number of rotatable bonds is 11. The Labute approximate surface area is 285 Å². The van der Waals surface area contributed by atoms with Crippen LogP contribution in [0.1, 0.15) is 143 Å². The van der Waals surface area contributed by atoms with Crippen molar-refractivity contribution in [2.45, 2.75) is 168 Å². The van der Waals surface area contributed by atoms with Gasteiger partial charge in [-0.05, 0) is 0 Å². The molecule has 4 nitrogen and oxygen atoms in total. The molecule has 3 saturated carbocycles. The van der Waals surface area contributed by atoms with Crippen molar-refractivity contribution in [2.75, 3.05) is 13.2 Å². The first-order valence-electron chi connectivity index (χ1n) is 19.5. The maximum absolute atomic E-state index is 12.5. The van der Waals surface area contributed by atoms with E-state index in [0.29, 0.717) is 31.5 Å². The summed E-state index contributed by atoms with van der Waals surface area (Å²) in [5.74, 6) is 0.568. The molecule has 0 unspecified atom stereocenters. The molecule has 0 bridgehead atoms. The molecule has 0 amide bonds. The maximum atomic E-state index is 12.5. The Hall–Kier alpha value is -0.401. The van der Waals surface area contributed by atoms with Gasteiger partial charge in [0.15, 0.2) is 0 Å². The van der Waals surface area contributed by atoms with Crippen LogP contribution in [0.5, 0.6) is 0 Å². The van der Waals surface area contributed by atoms with Gasteiger partial charge in [-0.3, -0.25) is 0 Å². The third-order valence-corrected chi connectivity index (χ3v) is 29.4. The van der Waals surface area contributed by atoms with E-state index < -0.39 is 29.8 Å². The zero-order valence-electron chi connectivity index (χ0n) is 30.3. The molecule has 1 aliphatic heterocycles. The third kappa shape index (κ3) is 6.47. The Morgan fingerprint density at radius 2 is 1.43 bits per heavy atom. The van der Waals surface area contributed by atoms with Crippen LogP contribution in [0.15, 0.2) is 35.4 Å². The van der Waals surface area contributed by atoms with Gasteiger partial charge in [0.1, 0.15) is 0 Å². The Balaban J connectivity index is 1.37. The summed E-state index contributed by atoms with van der Waals surface area (Å²) in [7, 11) is 0. The van der Waals surface area contributed by atoms with Gasteiger partial charge in [0.2, 0.25) is 0 Å². The summed E-state index contributed by atoms with van der Waals surface area (Å²) in [6, 6.07) is 10.2. The summed E-state index contributed by atoms with van der Waals surface area (Å²) in [6.45, 7) is 15.3. The average molecular weight is 742 g/mol. The monoisotopic (exact) mass is 742 g/mol. The van der Waals surface area contributed by atoms with E-state index in [1.54, 1.807) is 9.15 Å². The minimum atomic E-state index is -2.53. The fourth-order valence-corrected chi connectivity index (χ4v) is 26.9. The van der Waals surface area contributed by atoms with Crippen LogP contribution in [0.4, 0.5) is 0 Å². The number of fused-ring (bicyclic) bond motifs is 4. The molecule has 258 valence electrons. The standard InChI is InChI=1S/C29H39O4.3C4H9.Sn/c1-26(2)17-32-29(33-18-26)14-12-23-25-20(11-13-28(23,31)16-29)22-9-10-24(30)27(22,3)15-21(25)19-7-5-4-6-8-19;3*1-3-4-2;/h5-8,20-22,24,30-31H,9-18H2,1-3H3;3*1,3-4H2,2H3;/t20-,21+,22-,24-,27-,28+;;;;/m0..../s1. The van der Waals surface area contributed by atoms with E-state index in [-0.39, 0.29) is 22.9 Å². The van der Waals surface area contributed by atoms with Gasteiger partial charge in [0.05, 0.1) is 0 Å². The van der Waals surface area contributed by atoms with Gasteiger partial charge in [-0.2, -0.15) is 0 Å². The normalized spacial score (nSPS) is 35.1. The number of hydrogen-bond donors (Lipinski definition) is 2. The van der Waals surface area contributed by atoms with Gasteiger partial charge in [-0.25, -0.2) is 0 Å². The molecule has 6 atom stereocenters. The van der Waals surface area contributed by atoms with Crippen molar-refractivity contribution >= 4 is 22.0 Å². The van der Waals surface area contributed by atoms with E-state index in [0.717, 1.165) is 44.9 Å². The first kappa shape index (κ1) is 35.4. The van der Waals surface area contributed by atoms with Crippen LogP contribution in [0.3, 0.4) is 0 Å². The van der Waals surface area contributed by atoms with E-state index >= 15 is 0 Å². The van der Waals surface area contributed by atoms with E-state index in [4.69, 9.17) is 9.47 Å². The van der Waals surface area contributed by atoms with Crippen LogP contribution < -0.4 is 3.58 Å². The zero-order chi connectivity index (χ0) is 32.8. The quantitative estimate of drug-likeness (QED) is 0.175. The van der Waals surface area contributed by atoms with Crippen LogP contribution in [0.25, 0.3) is 0 Å². The number of unbranched alkanes of at least 4 members (excludes halogenated alkanes) is 3. The SMILES string of the molecule is CCC[CH2][Sn]([CH2]CCC)([CH2]CCC)[c]1ccc([C@H]2C[C@]3(C)[C@@H](O)CC[C@H]3[C@@H]3CC[C@@]4(O)CC5(CCC4=C32)OCC(C)(C)CO5)cc1. The van der Waals surface area contributed by atoms with E-state index in [9.17, 15) is 10.2 Å². The predicted molar refractivity (Wildman–Crippen MR) is 192 cm³/mol. The first-order valence-corrected chi connectivity index (χ1v) is 26.9. The fraction of sp³-hybridized carbons (Fsp3) is 0.805. The van der Waals surface area contributed by atoms with Gasteiger partial charge in [-0.1, -0.05) is 13.8 Å². The number of benzene rings is 1. The molecule has 4 fully saturated rings. The molecule has 6 rings (SSSR count). The van der Waals surface area contributed by atoms with Crippen molar-refractivity contribution in [1.29, 1.82) is 0 Å². The molecule has 46 heavy (non-hydrogen) atoms. The van der Waals surface area contributed by atoms with Crippen LogP contribution >= 0.6 is 0 Å². The number of ether oxygens (including phenoxy) is 2. The molecule has 1 aromatic rings. The van der Waals surface area contributed by atoms with Gasteiger partial charge >= 0.3 is 267 Å². The number of aliphatic hydroxyl groups excluding tert-OH is 1. The van der Waals surface area contributed by atoms with Crippen LogP contribution in [-0.4, -0.2) is 59.3 Å². The second-order valence-electron chi connectivity index (χ2n) is 17.6. The van der Waals surface area contributed by atoms with Gasteiger partial charge < -0.3 is 0 Å². The van der Waals surface area contributed by atoms with Crippen molar-refractivity contribution in [1.82, 2.24) is 0 Å². The fourth-order valence-electron chi connectivity index (χ4n) is 10.9. The summed E-state index contributed by atoms with van der Waals surface area (Å²) in [5, 5.41) is 24.0. The zero-order valence-corrected chi connectivity index (χ0v) is 33.1. The summed E-state index contributed by atoms with van der Waals surface area (Å²) < 4.78 is 19.2. The van der Waals surface area contributed by atoms with Gasteiger partial charge in [0.25, 0.3) is 0 Å². The summed E-state index contributed by atoms with van der Waals surface area (Å²) >= 11 is -2.53. The Bertz CT molecular complexity index is 1210. The molecular formula is C41H66O4Sn. The van der Waals surface area contributed by atoms with E-state index in [1.165, 1.54) is 63.0 Å². The summed E-state index contributed by atoms with van der Waals surface area (Å²) in [5.41, 5.74) is 3.38. The second-order valence-corrected chi connectivity index (χ2v) is 30.9. The molecular weight excluding hydrogens is 675 g/mol. The third-order valence-electron chi connectivity index (χ3n) is 13.8. The van der Waals surface area contributed by atoms with Crippen LogP contribution in [0.2, 0.25) is 13.3 Å². The summed E-state index contributed by atoms with van der Waals surface area (Å²) in [4.78, 5) is 0. The van der Waals surface area contributed by atoms with E-state index in [1.807, 2.05) is 0 Å². The number of aliphatic hydroxyl groups is 2.